The van der Waals surface area contributed by atoms with Crippen LogP contribution in [0.2, 0.25) is 0 Å². The smallest absolute Gasteiger partial charge is 0.242 e. The first-order valence-electron chi connectivity index (χ1n) is 7.53. The summed E-state index contributed by atoms with van der Waals surface area (Å²) in [6.07, 6.45) is 1.63. The van der Waals surface area contributed by atoms with Gasteiger partial charge in [0.25, 0.3) is 0 Å². The van der Waals surface area contributed by atoms with Crippen LogP contribution >= 0.6 is 0 Å². The second-order valence-corrected chi connectivity index (χ2v) is 8.09. The molecular weight excluding hydrogens is 310 g/mol. The van der Waals surface area contributed by atoms with Crippen molar-refractivity contribution in [3.63, 3.8) is 0 Å². The van der Waals surface area contributed by atoms with Crippen LogP contribution in [0.1, 0.15) is 12.0 Å². The highest BCUT2D eigenvalue weighted by molar-refractivity contribution is 7.89. The zero-order valence-electron chi connectivity index (χ0n) is 12.9. The molecule has 1 aliphatic carbocycles. The van der Waals surface area contributed by atoms with E-state index in [-0.39, 0.29) is 10.8 Å². The maximum atomic E-state index is 12.7. The van der Waals surface area contributed by atoms with Crippen LogP contribution in [0.25, 0.3) is 0 Å². The third-order valence-electron chi connectivity index (χ3n) is 4.60. The summed E-state index contributed by atoms with van der Waals surface area (Å²) in [5.41, 5.74) is 0.617. The fourth-order valence-corrected chi connectivity index (χ4v) is 4.40. The predicted molar refractivity (Wildman–Crippen MR) is 88.5 cm³/mol. The number of nitrogens with zero attached hydrogens (tertiary/aromatic N) is 1. The van der Waals surface area contributed by atoms with E-state index in [1.54, 1.807) is 37.4 Å². The van der Waals surface area contributed by atoms with Gasteiger partial charge in [-0.25, -0.2) is 12.7 Å². The molecule has 0 heterocycles. The van der Waals surface area contributed by atoms with Gasteiger partial charge in [0.05, 0.1) is 4.90 Å². The third-order valence-corrected chi connectivity index (χ3v) is 6.42. The molecule has 0 spiro atoms. The molecule has 2 aromatic rings. The van der Waals surface area contributed by atoms with Crippen molar-refractivity contribution >= 4 is 16.3 Å². The molecule has 0 aromatic heterocycles. The molecule has 2 atom stereocenters. The summed E-state index contributed by atoms with van der Waals surface area (Å²) in [7, 11) is -1.98. The van der Waals surface area contributed by atoms with Gasteiger partial charge in [0, 0.05) is 24.9 Å². The van der Waals surface area contributed by atoms with Crippen molar-refractivity contribution in [1.29, 1.82) is 0 Å². The monoisotopic (exact) mass is 329 g/mol. The van der Waals surface area contributed by atoms with Crippen molar-refractivity contribution in [2.75, 3.05) is 13.6 Å². The normalized spacial score (nSPS) is 23.7. The number of aldehydes is 1. The van der Waals surface area contributed by atoms with E-state index >= 15 is 0 Å². The lowest BCUT2D eigenvalue weighted by Crippen LogP contribution is -2.35. The largest absolute Gasteiger partial charge is 0.303 e. The molecule has 1 fully saturated rings. The van der Waals surface area contributed by atoms with Gasteiger partial charge in [0.15, 0.2) is 0 Å². The first kappa shape index (κ1) is 15.9. The van der Waals surface area contributed by atoms with Gasteiger partial charge in [-0.15, -0.1) is 0 Å². The molecule has 23 heavy (non-hydrogen) atoms. The number of benzene rings is 2. The Kier molecular flexibility index (Phi) is 4.08. The van der Waals surface area contributed by atoms with Gasteiger partial charge < -0.3 is 4.79 Å². The second kappa shape index (κ2) is 5.91. The van der Waals surface area contributed by atoms with E-state index < -0.39 is 15.4 Å². The van der Waals surface area contributed by atoms with Crippen LogP contribution in [0.15, 0.2) is 65.6 Å². The van der Waals surface area contributed by atoms with Gasteiger partial charge in [-0.05, 0) is 24.1 Å². The molecule has 0 radical (unpaired) electrons. The minimum atomic E-state index is -3.55. The van der Waals surface area contributed by atoms with Crippen molar-refractivity contribution in [2.24, 2.45) is 5.92 Å². The molecule has 0 N–H and O–H groups in total. The minimum Gasteiger partial charge on any atom is -0.303 e. The standard InChI is InChI=1S/C18H19NO3S/c1-19(23(21,22)17-10-6-3-7-11-17)14-18(12-16(18)13-20)15-8-4-2-5-9-15/h2-11,13,16H,12,14H2,1H3/t16-,18-/m0/s1. The van der Waals surface area contributed by atoms with Crippen LogP contribution in [0.4, 0.5) is 0 Å². The van der Waals surface area contributed by atoms with E-state index in [0.717, 1.165) is 11.8 Å². The highest BCUT2D eigenvalue weighted by atomic mass is 32.2. The molecule has 0 aliphatic heterocycles. The van der Waals surface area contributed by atoms with E-state index in [4.69, 9.17) is 0 Å². The van der Waals surface area contributed by atoms with E-state index in [9.17, 15) is 13.2 Å². The summed E-state index contributed by atoms with van der Waals surface area (Å²) in [6, 6.07) is 18.1. The average Bonchev–Trinajstić information content (AvgIpc) is 3.31. The lowest BCUT2D eigenvalue weighted by molar-refractivity contribution is -0.109. The summed E-state index contributed by atoms with van der Waals surface area (Å²) in [6.45, 7) is 0.303. The Morgan fingerprint density at radius 3 is 2.17 bits per heavy atom. The molecule has 1 saturated carbocycles. The Bertz CT molecular complexity index is 790. The van der Waals surface area contributed by atoms with Gasteiger partial charge in [-0.2, -0.15) is 0 Å². The molecule has 2 aromatic carbocycles. The first-order chi connectivity index (χ1) is 11.0. The van der Waals surface area contributed by atoms with Gasteiger partial charge >= 0.3 is 0 Å². The topological polar surface area (TPSA) is 54.5 Å². The van der Waals surface area contributed by atoms with Gasteiger partial charge in [0.1, 0.15) is 6.29 Å². The maximum absolute atomic E-state index is 12.7. The molecule has 4 nitrogen and oxygen atoms in total. The molecule has 5 heteroatoms. The maximum Gasteiger partial charge on any atom is 0.242 e. The Morgan fingerprint density at radius 2 is 1.65 bits per heavy atom. The molecule has 1 aliphatic rings. The SMILES string of the molecule is CN(C[C@]1(c2ccccc2)C[C@H]1C=O)S(=O)(=O)c1ccccc1. The quantitative estimate of drug-likeness (QED) is 0.765. The zero-order valence-corrected chi connectivity index (χ0v) is 13.7. The van der Waals surface area contributed by atoms with E-state index in [0.29, 0.717) is 13.0 Å². The molecule has 0 amide bonds. The van der Waals surface area contributed by atoms with E-state index in [1.165, 1.54) is 4.31 Å². The van der Waals surface area contributed by atoms with Crippen molar-refractivity contribution in [3.05, 3.63) is 66.2 Å². The summed E-state index contributed by atoms with van der Waals surface area (Å²) in [4.78, 5) is 11.6. The number of likely N-dealkylation sites (N-methyl/N-ethyl adjacent to an activating group) is 1. The molecule has 0 saturated heterocycles. The van der Waals surface area contributed by atoms with Gasteiger partial charge in [0.2, 0.25) is 10.0 Å². The Hall–Kier alpha value is -1.98. The number of carbonyl (C=O) groups is 1. The number of sulfonamides is 1. The highest BCUT2D eigenvalue weighted by Crippen LogP contribution is 2.53. The van der Waals surface area contributed by atoms with Crippen LogP contribution in [-0.2, 0) is 20.2 Å². The van der Waals surface area contributed by atoms with Gasteiger partial charge in [-0.1, -0.05) is 48.5 Å². The van der Waals surface area contributed by atoms with Crippen LogP contribution < -0.4 is 0 Å². The molecule has 3 rings (SSSR count). The fraction of sp³-hybridized carbons (Fsp3) is 0.278. The summed E-state index contributed by atoms with van der Waals surface area (Å²) in [5, 5.41) is 0. The number of hydrogen-bond donors (Lipinski definition) is 0. The Labute approximate surface area is 136 Å². The summed E-state index contributed by atoms with van der Waals surface area (Å²) in [5.74, 6) is -0.127. The molecule has 120 valence electrons. The molecule has 0 unspecified atom stereocenters. The van der Waals surface area contributed by atoms with Crippen LogP contribution in [0, 0.1) is 5.92 Å². The van der Waals surface area contributed by atoms with Crippen molar-refractivity contribution in [2.45, 2.75) is 16.7 Å². The second-order valence-electron chi connectivity index (χ2n) is 6.04. The summed E-state index contributed by atoms with van der Waals surface area (Å²) >= 11 is 0. The van der Waals surface area contributed by atoms with Crippen LogP contribution in [0.3, 0.4) is 0 Å². The molecular formula is C18H19NO3S. The number of rotatable bonds is 6. The lowest BCUT2D eigenvalue weighted by Gasteiger charge is -2.24. The fourth-order valence-electron chi connectivity index (χ4n) is 3.14. The highest BCUT2D eigenvalue weighted by Gasteiger charge is 2.56. The van der Waals surface area contributed by atoms with Gasteiger partial charge in [-0.3, -0.25) is 0 Å². The van der Waals surface area contributed by atoms with Crippen molar-refractivity contribution in [3.8, 4) is 0 Å². The minimum absolute atomic E-state index is 0.127. The van der Waals surface area contributed by atoms with E-state index in [2.05, 4.69) is 0 Å². The lowest BCUT2D eigenvalue weighted by atomic mass is 9.93. The zero-order chi connectivity index (χ0) is 16.5. The van der Waals surface area contributed by atoms with Crippen LogP contribution in [0.5, 0.6) is 0 Å². The number of carbonyl (C=O) groups excluding carboxylic acids is 1. The Morgan fingerprint density at radius 1 is 1.09 bits per heavy atom. The van der Waals surface area contributed by atoms with Crippen LogP contribution in [-0.4, -0.2) is 32.6 Å². The Balaban J connectivity index is 1.89. The predicted octanol–water partition coefficient (Wildman–Crippen LogP) is 2.46. The van der Waals surface area contributed by atoms with Crippen molar-refractivity contribution in [1.82, 2.24) is 4.31 Å². The first-order valence-corrected chi connectivity index (χ1v) is 8.97. The van der Waals surface area contributed by atoms with Crippen molar-refractivity contribution < 1.29 is 13.2 Å². The van der Waals surface area contributed by atoms with E-state index in [1.807, 2.05) is 30.3 Å². The summed E-state index contributed by atoms with van der Waals surface area (Å²) < 4.78 is 26.8. The third kappa shape index (κ3) is 2.82. The average molecular weight is 329 g/mol. The number of hydrogen-bond acceptors (Lipinski definition) is 3. The molecule has 0 bridgehead atoms.